The highest BCUT2D eigenvalue weighted by Gasteiger charge is 2.44. The van der Waals surface area contributed by atoms with Crippen molar-refractivity contribution >= 4 is 17.5 Å². The van der Waals surface area contributed by atoms with Crippen molar-refractivity contribution in [2.45, 2.75) is 62.7 Å². The molecule has 0 bridgehead atoms. The fourth-order valence-electron chi connectivity index (χ4n) is 4.84. The fourth-order valence-corrected chi connectivity index (χ4v) is 6.22. The average molecular weight is 547 g/mol. The number of nitrogens with one attached hydrogen (secondary N) is 1. The van der Waals surface area contributed by atoms with Crippen molar-refractivity contribution < 1.29 is 33.8 Å². The van der Waals surface area contributed by atoms with Crippen LogP contribution in [0, 0.1) is 11.8 Å². The number of benzene rings is 2. The van der Waals surface area contributed by atoms with Gasteiger partial charge in [-0.15, -0.1) is 4.31 Å². The lowest BCUT2D eigenvalue weighted by Gasteiger charge is -2.31. The molecule has 0 aromatic heterocycles. The van der Waals surface area contributed by atoms with E-state index < -0.39 is 35.7 Å². The molecule has 38 heavy (non-hydrogen) atoms. The van der Waals surface area contributed by atoms with Gasteiger partial charge in [0.15, 0.2) is 11.2 Å². The maximum atomic E-state index is 13.5. The SMILES string of the molecule is CC(C)CN(C[C@@H](O)[C@H](Cc1ccccc1)NC(=O)O[C@H]1CO[C@H]2OCC[C@H]21)[S+]([O-])c1ccc(CO)cc1. The number of hydrogen-bond donors (Lipinski definition) is 3. The van der Waals surface area contributed by atoms with Crippen LogP contribution in [0.4, 0.5) is 4.79 Å². The summed E-state index contributed by atoms with van der Waals surface area (Å²) in [6, 6.07) is 15.8. The second-order valence-corrected chi connectivity index (χ2v) is 11.8. The molecule has 1 unspecified atom stereocenters. The number of carbonyl (C=O) groups is 1. The zero-order chi connectivity index (χ0) is 27.1. The molecule has 208 valence electrons. The number of aliphatic hydroxyl groups is 2. The largest absolute Gasteiger partial charge is 0.593 e. The molecule has 2 heterocycles. The van der Waals surface area contributed by atoms with Gasteiger partial charge in [0.1, 0.15) is 6.10 Å². The summed E-state index contributed by atoms with van der Waals surface area (Å²) in [6.07, 6.45) is -1.23. The molecule has 9 nitrogen and oxygen atoms in total. The summed E-state index contributed by atoms with van der Waals surface area (Å²) in [7, 11) is 0. The first kappa shape index (κ1) is 28.8. The highest BCUT2D eigenvalue weighted by molar-refractivity contribution is 7.89. The molecule has 0 spiro atoms. The molecule has 2 aromatic rings. The van der Waals surface area contributed by atoms with Gasteiger partial charge in [0.2, 0.25) is 0 Å². The second-order valence-electron chi connectivity index (χ2n) is 10.3. The first-order valence-electron chi connectivity index (χ1n) is 13.1. The lowest BCUT2D eigenvalue weighted by Crippen LogP contribution is -2.51. The smallest absolute Gasteiger partial charge is 0.407 e. The lowest BCUT2D eigenvalue weighted by molar-refractivity contribution is -0.0907. The van der Waals surface area contributed by atoms with Crippen molar-refractivity contribution in [1.82, 2.24) is 9.62 Å². The Hall–Kier alpha value is -2.18. The Morgan fingerprint density at radius 3 is 2.55 bits per heavy atom. The van der Waals surface area contributed by atoms with Crippen molar-refractivity contribution in [3.63, 3.8) is 0 Å². The van der Waals surface area contributed by atoms with Crippen LogP contribution in [0.2, 0.25) is 0 Å². The lowest BCUT2D eigenvalue weighted by atomic mass is 10.0. The number of nitrogens with zero attached hydrogens (tertiary/aromatic N) is 1. The molecule has 2 aliphatic heterocycles. The normalized spacial score (nSPS) is 23.3. The van der Waals surface area contributed by atoms with Crippen molar-refractivity contribution in [2.75, 3.05) is 26.3 Å². The molecular formula is C28H38N2O7S. The minimum atomic E-state index is -1.54. The van der Waals surface area contributed by atoms with Crippen LogP contribution in [-0.4, -0.2) is 76.0 Å². The second kappa shape index (κ2) is 13.7. The van der Waals surface area contributed by atoms with Gasteiger partial charge in [-0.05, 0) is 42.0 Å². The Labute approximate surface area is 227 Å². The maximum absolute atomic E-state index is 13.5. The number of aliphatic hydroxyl groups excluding tert-OH is 2. The number of hydrogen-bond acceptors (Lipinski definition) is 8. The van der Waals surface area contributed by atoms with E-state index in [1.165, 1.54) is 0 Å². The Balaban J connectivity index is 1.46. The van der Waals surface area contributed by atoms with Gasteiger partial charge < -0.3 is 34.3 Å². The summed E-state index contributed by atoms with van der Waals surface area (Å²) in [5.74, 6) is 0.205. The number of rotatable bonds is 12. The number of fused-ring (bicyclic) bond motifs is 1. The van der Waals surface area contributed by atoms with Crippen LogP contribution in [0.5, 0.6) is 0 Å². The average Bonchev–Trinajstić information content (AvgIpc) is 3.53. The molecule has 2 saturated heterocycles. The van der Waals surface area contributed by atoms with Crippen LogP contribution in [-0.2, 0) is 38.6 Å². The zero-order valence-corrected chi connectivity index (χ0v) is 22.7. The monoisotopic (exact) mass is 546 g/mol. The molecule has 6 atom stereocenters. The minimum Gasteiger partial charge on any atom is -0.593 e. The number of alkyl carbamates (subject to hydrolysis) is 1. The molecule has 1 amide bonds. The van der Waals surface area contributed by atoms with E-state index in [1.54, 1.807) is 28.6 Å². The summed E-state index contributed by atoms with van der Waals surface area (Å²) in [6.45, 7) is 5.37. The maximum Gasteiger partial charge on any atom is 0.407 e. The molecule has 0 radical (unpaired) electrons. The Kier molecular flexibility index (Phi) is 10.4. The van der Waals surface area contributed by atoms with E-state index in [-0.39, 0.29) is 37.9 Å². The third-order valence-electron chi connectivity index (χ3n) is 6.81. The molecule has 4 rings (SSSR count). The summed E-state index contributed by atoms with van der Waals surface area (Å²) in [5.41, 5.74) is 1.68. The van der Waals surface area contributed by atoms with Crippen LogP contribution in [0.1, 0.15) is 31.4 Å². The van der Waals surface area contributed by atoms with Gasteiger partial charge in [-0.1, -0.05) is 56.3 Å². The van der Waals surface area contributed by atoms with Gasteiger partial charge in [0, 0.05) is 6.54 Å². The number of amides is 1. The van der Waals surface area contributed by atoms with Crippen LogP contribution in [0.15, 0.2) is 59.5 Å². The fraction of sp³-hybridized carbons (Fsp3) is 0.536. The first-order valence-corrected chi connectivity index (χ1v) is 14.2. The van der Waals surface area contributed by atoms with Gasteiger partial charge in [-0.3, -0.25) is 0 Å². The minimum absolute atomic E-state index is 0.0134. The molecule has 2 aromatic carbocycles. The van der Waals surface area contributed by atoms with E-state index in [0.29, 0.717) is 24.5 Å². The van der Waals surface area contributed by atoms with Gasteiger partial charge in [-0.2, -0.15) is 0 Å². The Morgan fingerprint density at radius 2 is 1.87 bits per heavy atom. The topological polar surface area (TPSA) is 124 Å². The summed E-state index contributed by atoms with van der Waals surface area (Å²) in [5, 5.41) is 23.6. The van der Waals surface area contributed by atoms with Crippen LogP contribution < -0.4 is 5.32 Å². The van der Waals surface area contributed by atoms with Gasteiger partial charge in [0.05, 0.1) is 55.8 Å². The standard InChI is InChI=1S/C28H38N2O7S/c1-19(2)15-30(38(34)22-10-8-21(17-31)9-11-22)16-25(32)24(14-20-6-4-3-5-7-20)29-28(33)37-26-18-36-27-23(26)12-13-35-27/h3-11,19,23-27,31-32H,12-18H2,1-2H3,(H,29,33)/t23-,24-,25+,26-,27+,38?/m0/s1. The molecular weight excluding hydrogens is 508 g/mol. The van der Waals surface area contributed by atoms with E-state index in [9.17, 15) is 19.6 Å². The van der Waals surface area contributed by atoms with Crippen molar-refractivity contribution in [1.29, 1.82) is 0 Å². The predicted molar refractivity (Wildman–Crippen MR) is 142 cm³/mol. The molecule has 0 aliphatic carbocycles. The summed E-state index contributed by atoms with van der Waals surface area (Å²) >= 11 is -1.54. The van der Waals surface area contributed by atoms with Crippen LogP contribution in [0.3, 0.4) is 0 Å². The van der Waals surface area contributed by atoms with E-state index in [2.05, 4.69) is 5.32 Å². The molecule has 3 N–H and O–H groups in total. The number of carbonyl (C=O) groups excluding carboxylic acids is 1. The predicted octanol–water partition coefficient (Wildman–Crippen LogP) is 2.62. The Bertz CT molecular complexity index is 1010. The van der Waals surface area contributed by atoms with Crippen molar-refractivity contribution in [3.05, 3.63) is 65.7 Å². The third kappa shape index (κ3) is 7.69. The highest BCUT2D eigenvalue weighted by Crippen LogP contribution is 2.33. The molecule has 0 saturated carbocycles. The van der Waals surface area contributed by atoms with Gasteiger partial charge >= 0.3 is 6.09 Å². The Morgan fingerprint density at radius 1 is 1.13 bits per heavy atom. The molecule has 2 fully saturated rings. The summed E-state index contributed by atoms with van der Waals surface area (Å²) < 4.78 is 32.0. The van der Waals surface area contributed by atoms with Crippen molar-refractivity contribution in [3.8, 4) is 0 Å². The molecule has 10 heteroatoms. The first-order chi connectivity index (χ1) is 18.3. The molecule has 2 aliphatic rings. The van der Waals surface area contributed by atoms with Gasteiger partial charge in [-0.25, -0.2) is 4.79 Å². The van der Waals surface area contributed by atoms with E-state index in [0.717, 1.165) is 17.5 Å². The third-order valence-corrected chi connectivity index (χ3v) is 8.25. The van der Waals surface area contributed by atoms with E-state index >= 15 is 0 Å². The van der Waals surface area contributed by atoms with Crippen molar-refractivity contribution in [2.24, 2.45) is 11.8 Å². The number of ether oxygens (including phenoxy) is 3. The van der Waals surface area contributed by atoms with E-state index in [1.807, 2.05) is 44.2 Å². The van der Waals surface area contributed by atoms with Crippen LogP contribution in [0.25, 0.3) is 0 Å². The van der Waals surface area contributed by atoms with Crippen LogP contribution >= 0.6 is 0 Å². The zero-order valence-electron chi connectivity index (χ0n) is 21.9. The quantitative estimate of drug-likeness (QED) is 0.347. The summed E-state index contributed by atoms with van der Waals surface area (Å²) in [4.78, 5) is 13.5. The van der Waals surface area contributed by atoms with Gasteiger partial charge in [0.25, 0.3) is 0 Å². The van der Waals surface area contributed by atoms with E-state index in [4.69, 9.17) is 14.2 Å². The highest BCUT2D eigenvalue weighted by atomic mass is 32.2.